The van der Waals surface area contributed by atoms with Crippen LogP contribution in [0.2, 0.25) is 5.02 Å². The lowest BCUT2D eigenvalue weighted by molar-refractivity contribution is 0.00465. The van der Waals surface area contributed by atoms with Gasteiger partial charge >= 0.3 is 0 Å². The highest BCUT2D eigenvalue weighted by molar-refractivity contribution is 6.30. The van der Waals surface area contributed by atoms with Gasteiger partial charge in [-0.25, -0.2) is 19.3 Å². The van der Waals surface area contributed by atoms with E-state index < -0.39 is 5.82 Å². The minimum Gasteiger partial charge on any atom is -0.373 e. The number of rotatable bonds is 3. The van der Waals surface area contributed by atoms with E-state index in [-0.39, 0.29) is 12.0 Å². The lowest BCUT2D eigenvalue weighted by Gasteiger charge is -2.29. The average molecular weight is 452 g/mol. The first-order valence-electron chi connectivity index (χ1n) is 10.6. The van der Waals surface area contributed by atoms with Crippen LogP contribution in [0, 0.1) is 19.7 Å². The van der Waals surface area contributed by atoms with Crippen molar-refractivity contribution in [1.82, 2.24) is 24.7 Å². The Bertz CT molecular complexity index is 1320. The molecule has 2 atom stereocenters. The van der Waals surface area contributed by atoms with Crippen LogP contribution in [0.1, 0.15) is 47.5 Å². The van der Waals surface area contributed by atoms with Crippen molar-refractivity contribution in [2.45, 2.75) is 38.7 Å². The van der Waals surface area contributed by atoms with Gasteiger partial charge in [-0.2, -0.15) is 5.10 Å². The fourth-order valence-electron chi connectivity index (χ4n) is 4.25. The van der Waals surface area contributed by atoms with Crippen molar-refractivity contribution in [3.8, 4) is 11.1 Å². The Morgan fingerprint density at radius 2 is 1.91 bits per heavy atom. The number of nitrogens with zero attached hydrogens (tertiary/aromatic N) is 5. The molecule has 0 N–H and O–H groups in total. The standard InChI is InChI=1S/C24H23ClFN5O/c1-13-14(2)29-24-23(28-13)19(18-5-4-17(25)9-20(18)26)10-21(30-24)15-6-7-32-22(8-15)16-11-27-31(3)12-16/h4-5,9-12,15,22H,6-8H2,1-3H3/t15?,22-/m0/s1. The fraction of sp³-hybridized carbons (Fsp3) is 0.333. The van der Waals surface area contributed by atoms with Crippen molar-refractivity contribution in [2.75, 3.05) is 6.61 Å². The fourth-order valence-corrected chi connectivity index (χ4v) is 4.41. The van der Waals surface area contributed by atoms with Crippen LogP contribution >= 0.6 is 11.6 Å². The summed E-state index contributed by atoms with van der Waals surface area (Å²) in [7, 11) is 1.89. The van der Waals surface area contributed by atoms with Crippen LogP contribution in [0.15, 0.2) is 36.7 Å². The minimum absolute atomic E-state index is 0.0542. The molecule has 5 rings (SSSR count). The molecule has 1 unspecified atom stereocenters. The van der Waals surface area contributed by atoms with E-state index in [4.69, 9.17) is 26.3 Å². The summed E-state index contributed by atoms with van der Waals surface area (Å²) < 4.78 is 22.7. The highest BCUT2D eigenvalue weighted by Crippen LogP contribution is 2.39. The summed E-state index contributed by atoms with van der Waals surface area (Å²) >= 11 is 6.00. The van der Waals surface area contributed by atoms with E-state index in [0.717, 1.165) is 35.5 Å². The Hall–Kier alpha value is -2.90. The largest absolute Gasteiger partial charge is 0.373 e. The zero-order valence-corrected chi connectivity index (χ0v) is 18.9. The van der Waals surface area contributed by atoms with Gasteiger partial charge in [0.2, 0.25) is 0 Å². The van der Waals surface area contributed by atoms with Crippen molar-refractivity contribution in [3.05, 3.63) is 70.1 Å². The van der Waals surface area contributed by atoms with Crippen molar-refractivity contribution >= 4 is 22.8 Å². The number of fused-ring (bicyclic) bond motifs is 1. The third-order valence-electron chi connectivity index (χ3n) is 6.09. The maximum Gasteiger partial charge on any atom is 0.179 e. The normalized spacial score (nSPS) is 18.9. The second kappa shape index (κ2) is 8.22. The molecule has 32 heavy (non-hydrogen) atoms. The van der Waals surface area contributed by atoms with E-state index in [0.29, 0.717) is 33.9 Å². The van der Waals surface area contributed by atoms with E-state index in [1.807, 2.05) is 39.4 Å². The third kappa shape index (κ3) is 3.87. The van der Waals surface area contributed by atoms with E-state index in [2.05, 4.69) is 10.1 Å². The summed E-state index contributed by atoms with van der Waals surface area (Å²) in [4.78, 5) is 14.3. The first kappa shape index (κ1) is 21.0. The van der Waals surface area contributed by atoms with E-state index >= 15 is 0 Å². The van der Waals surface area contributed by atoms with Crippen LogP contribution < -0.4 is 0 Å². The number of aromatic nitrogens is 5. The highest BCUT2D eigenvalue weighted by Gasteiger charge is 2.28. The second-order valence-corrected chi connectivity index (χ2v) is 8.75. The summed E-state index contributed by atoms with van der Waals surface area (Å²) in [6, 6.07) is 6.65. The van der Waals surface area contributed by atoms with Gasteiger partial charge in [0.1, 0.15) is 11.3 Å². The molecule has 0 aliphatic carbocycles. The number of ether oxygens (including phenoxy) is 1. The quantitative estimate of drug-likeness (QED) is 0.413. The molecule has 4 heterocycles. The van der Waals surface area contributed by atoms with Crippen molar-refractivity contribution in [3.63, 3.8) is 0 Å². The van der Waals surface area contributed by atoms with E-state index in [1.165, 1.54) is 6.07 Å². The summed E-state index contributed by atoms with van der Waals surface area (Å²) in [5.74, 6) is -0.243. The van der Waals surface area contributed by atoms with Crippen LogP contribution in [-0.4, -0.2) is 31.3 Å². The van der Waals surface area contributed by atoms with Gasteiger partial charge in [-0.15, -0.1) is 0 Å². The second-order valence-electron chi connectivity index (χ2n) is 8.31. The predicted molar refractivity (Wildman–Crippen MR) is 121 cm³/mol. The SMILES string of the molecule is Cc1nc2nc(C3CCO[C@H](c4cnn(C)c4)C3)cc(-c3ccc(Cl)cc3F)c2nc1C. The molecule has 0 saturated carbocycles. The maximum absolute atomic E-state index is 14.9. The summed E-state index contributed by atoms with van der Waals surface area (Å²) in [5.41, 5.74) is 5.77. The molecule has 0 bridgehead atoms. The predicted octanol–water partition coefficient (Wildman–Crippen LogP) is 5.47. The molecular weight excluding hydrogens is 429 g/mol. The van der Waals surface area contributed by atoms with Crippen molar-refractivity contribution in [2.24, 2.45) is 7.05 Å². The van der Waals surface area contributed by atoms with E-state index in [9.17, 15) is 4.39 Å². The van der Waals surface area contributed by atoms with Crippen LogP contribution in [0.4, 0.5) is 4.39 Å². The van der Waals surface area contributed by atoms with Crippen LogP contribution in [-0.2, 0) is 11.8 Å². The van der Waals surface area contributed by atoms with Gasteiger partial charge in [0.15, 0.2) is 5.65 Å². The van der Waals surface area contributed by atoms with Crippen LogP contribution in [0.25, 0.3) is 22.3 Å². The molecule has 1 fully saturated rings. The van der Waals surface area contributed by atoms with Gasteiger partial charge in [-0.1, -0.05) is 11.6 Å². The Morgan fingerprint density at radius 1 is 1.09 bits per heavy atom. The Balaban J connectivity index is 1.62. The number of hydrogen-bond acceptors (Lipinski definition) is 5. The Morgan fingerprint density at radius 3 is 2.66 bits per heavy atom. The summed E-state index contributed by atoms with van der Waals surface area (Å²) in [5, 5.41) is 4.62. The lowest BCUT2D eigenvalue weighted by atomic mass is 9.88. The summed E-state index contributed by atoms with van der Waals surface area (Å²) in [6.45, 7) is 4.42. The van der Waals surface area contributed by atoms with Gasteiger partial charge in [-0.3, -0.25) is 4.68 Å². The molecule has 1 saturated heterocycles. The molecule has 1 aromatic carbocycles. The lowest BCUT2D eigenvalue weighted by Crippen LogP contribution is -2.19. The molecule has 1 aliphatic heterocycles. The zero-order valence-electron chi connectivity index (χ0n) is 18.1. The van der Waals surface area contributed by atoms with Crippen LogP contribution in [0.5, 0.6) is 0 Å². The maximum atomic E-state index is 14.9. The summed E-state index contributed by atoms with van der Waals surface area (Å²) in [6.07, 6.45) is 5.36. The zero-order chi connectivity index (χ0) is 22.4. The number of benzene rings is 1. The minimum atomic E-state index is -0.392. The molecule has 0 spiro atoms. The molecular formula is C24H23ClFN5O. The molecule has 4 aromatic rings. The molecule has 6 nitrogen and oxygen atoms in total. The van der Waals surface area contributed by atoms with Gasteiger partial charge in [0.05, 0.1) is 23.7 Å². The van der Waals surface area contributed by atoms with Gasteiger partial charge in [0.25, 0.3) is 0 Å². The smallest absolute Gasteiger partial charge is 0.179 e. The van der Waals surface area contributed by atoms with Gasteiger partial charge < -0.3 is 4.74 Å². The Kier molecular flexibility index (Phi) is 5.39. The molecule has 164 valence electrons. The first-order valence-corrected chi connectivity index (χ1v) is 11.0. The van der Waals surface area contributed by atoms with Crippen molar-refractivity contribution < 1.29 is 9.13 Å². The number of aryl methyl sites for hydroxylation is 3. The Labute approximate surface area is 190 Å². The van der Waals surface area contributed by atoms with Crippen molar-refractivity contribution in [1.29, 1.82) is 0 Å². The average Bonchev–Trinajstić information content (AvgIpc) is 3.21. The topological polar surface area (TPSA) is 65.7 Å². The van der Waals surface area contributed by atoms with E-state index in [1.54, 1.807) is 16.8 Å². The van der Waals surface area contributed by atoms with Crippen LogP contribution in [0.3, 0.4) is 0 Å². The van der Waals surface area contributed by atoms with Gasteiger partial charge in [-0.05, 0) is 51.0 Å². The molecule has 0 radical (unpaired) electrons. The number of pyridine rings is 1. The third-order valence-corrected chi connectivity index (χ3v) is 6.33. The number of halogens is 2. The first-order chi connectivity index (χ1) is 15.4. The van der Waals surface area contributed by atoms with Gasteiger partial charge in [0, 0.05) is 53.2 Å². The molecule has 0 amide bonds. The monoisotopic (exact) mass is 451 g/mol. The molecule has 8 heteroatoms. The highest BCUT2D eigenvalue weighted by atomic mass is 35.5. The molecule has 3 aromatic heterocycles. The number of hydrogen-bond donors (Lipinski definition) is 0. The molecule has 1 aliphatic rings.